The molecule has 0 aromatic heterocycles. The van der Waals surface area contributed by atoms with Gasteiger partial charge in [0.05, 0.1) is 13.2 Å². The van der Waals surface area contributed by atoms with Gasteiger partial charge in [0, 0.05) is 6.42 Å². The van der Waals surface area contributed by atoms with Gasteiger partial charge in [-0.15, -0.1) is 0 Å². The fraction of sp³-hybridized carbons (Fsp3) is 0.818. The van der Waals surface area contributed by atoms with Crippen molar-refractivity contribution in [2.75, 3.05) is 13.2 Å². The van der Waals surface area contributed by atoms with E-state index >= 15 is 0 Å². The number of hydrogen-bond acceptors (Lipinski definition) is 4. The van der Waals surface area contributed by atoms with Crippen LogP contribution in [0.15, 0.2) is 0 Å². The molecule has 0 radical (unpaired) electrons. The van der Waals surface area contributed by atoms with Crippen LogP contribution in [-0.2, 0) is 19.1 Å². The van der Waals surface area contributed by atoms with Gasteiger partial charge >= 0.3 is 11.9 Å². The smallest absolute Gasteiger partial charge is 0.320 e. The highest BCUT2D eigenvalue weighted by atomic mass is 16.6. The number of cyclic esters (lactones) is 1. The molecule has 1 unspecified atom stereocenters. The minimum absolute atomic E-state index is 0.342. The molecular weight excluding hydrogens is 196 g/mol. The van der Waals surface area contributed by atoms with Crippen molar-refractivity contribution in [1.29, 1.82) is 0 Å². The van der Waals surface area contributed by atoms with E-state index in [-0.39, 0.29) is 0 Å². The number of ether oxygens (including phenoxy) is 2. The number of unbranched alkanes of at least 4 members (excludes halogenated alkanes) is 3. The van der Waals surface area contributed by atoms with Gasteiger partial charge in [0.1, 0.15) is 0 Å². The average Bonchev–Trinajstić information content (AvgIpc) is 2.64. The Bertz CT molecular complexity index is 225. The fourth-order valence-corrected chi connectivity index (χ4v) is 1.51. The van der Waals surface area contributed by atoms with E-state index in [0.717, 1.165) is 25.7 Å². The fourth-order valence-electron chi connectivity index (χ4n) is 1.51. The van der Waals surface area contributed by atoms with E-state index in [9.17, 15) is 9.59 Å². The molecule has 1 heterocycles. The first-order valence-corrected chi connectivity index (χ1v) is 5.59. The molecule has 86 valence electrons. The highest BCUT2D eigenvalue weighted by Crippen LogP contribution is 2.16. The Morgan fingerprint density at radius 3 is 2.87 bits per heavy atom. The first kappa shape index (κ1) is 12.0. The Morgan fingerprint density at radius 2 is 2.27 bits per heavy atom. The Kier molecular flexibility index (Phi) is 5.15. The standard InChI is InChI=1S/C11H18O4/c1-2-3-4-5-7-14-10(12)9-6-8-15-11(9)13/h9H,2-8H2,1H3. The maximum Gasteiger partial charge on any atom is 0.320 e. The van der Waals surface area contributed by atoms with E-state index in [4.69, 9.17) is 9.47 Å². The summed E-state index contributed by atoms with van der Waals surface area (Å²) in [4.78, 5) is 22.4. The van der Waals surface area contributed by atoms with Gasteiger partial charge in [0.2, 0.25) is 0 Å². The van der Waals surface area contributed by atoms with Crippen molar-refractivity contribution in [2.45, 2.75) is 39.0 Å². The van der Waals surface area contributed by atoms with Gasteiger partial charge in [-0.1, -0.05) is 26.2 Å². The molecule has 1 atom stereocenters. The highest BCUT2D eigenvalue weighted by molar-refractivity contribution is 5.95. The number of carbonyl (C=O) groups excluding carboxylic acids is 2. The largest absolute Gasteiger partial charge is 0.465 e. The van der Waals surface area contributed by atoms with Gasteiger partial charge in [0.25, 0.3) is 0 Å². The molecule has 1 rings (SSSR count). The Morgan fingerprint density at radius 1 is 1.47 bits per heavy atom. The second-order valence-corrected chi connectivity index (χ2v) is 3.74. The predicted molar refractivity (Wildman–Crippen MR) is 54.2 cm³/mol. The van der Waals surface area contributed by atoms with Crippen LogP contribution >= 0.6 is 0 Å². The summed E-state index contributed by atoms with van der Waals surface area (Å²) in [6.07, 6.45) is 4.72. The third-order valence-corrected chi connectivity index (χ3v) is 2.46. The summed E-state index contributed by atoms with van der Waals surface area (Å²) in [7, 11) is 0. The SMILES string of the molecule is CCCCCCOC(=O)C1CCOC1=O. The zero-order chi connectivity index (χ0) is 11.1. The molecular formula is C11H18O4. The maximum absolute atomic E-state index is 11.4. The molecule has 0 bridgehead atoms. The summed E-state index contributed by atoms with van der Waals surface area (Å²) in [6, 6.07) is 0. The molecule has 1 aliphatic rings. The van der Waals surface area contributed by atoms with Crippen molar-refractivity contribution in [1.82, 2.24) is 0 Å². The lowest BCUT2D eigenvalue weighted by Crippen LogP contribution is -2.22. The molecule has 0 aliphatic carbocycles. The summed E-state index contributed by atoms with van der Waals surface area (Å²) in [5, 5.41) is 0. The van der Waals surface area contributed by atoms with Gasteiger partial charge in [-0.25, -0.2) is 0 Å². The van der Waals surface area contributed by atoms with E-state index < -0.39 is 17.9 Å². The highest BCUT2D eigenvalue weighted by Gasteiger charge is 2.34. The minimum atomic E-state index is -0.670. The lowest BCUT2D eigenvalue weighted by molar-refractivity contribution is -0.156. The van der Waals surface area contributed by atoms with Crippen LogP contribution in [0.3, 0.4) is 0 Å². The molecule has 0 spiro atoms. The molecule has 15 heavy (non-hydrogen) atoms. The topological polar surface area (TPSA) is 52.6 Å². The first-order chi connectivity index (χ1) is 7.25. The molecule has 1 aliphatic heterocycles. The molecule has 0 amide bonds. The van der Waals surface area contributed by atoms with E-state index in [2.05, 4.69) is 6.92 Å². The molecule has 0 aromatic carbocycles. The van der Waals surface area contributed by atoms with Crippen LogP contribution in [-0.4, -0.2) is 25.2 Å². The number of carbonyl (C=O) groups is 2. The van der Waals surface area contributed by atoms with Gasteiger partial charge < -0.3 is 9.47 Å². The molecule has 1 fully saturated rings. The van der Waals surface area contributed by atoms with E-state index in [1.807, 2.05) is 0 Å². The quantitative estimate of drug-likeness (QED) is 0.383. The molecule has 0 N–H and O–H groups in total. The zero-order valence-electron chi connectivity index (χ0n) is 9.16. The van der Waals surface area contributed by atoms with E-state index in [1.165, 1.54) is 0 Å². The van der Waals surface area contributed by atoms with Crippen LogP contribution in [0.1, 0.15) is 39.0 Å². The van der Waals surface area contributed by atoms with Crippen LogP contribution in [0.4, 0.5) is 0 Å². The minimum Gasteiger partial charge on any atom is -0.465 e. The summed E-state index contributed by atoms with van der Waals surface area (Å²) in [6.45, 7) is 2.89. The molecule has 0 saturated carbocycles. The van der Waals surface area contributed by atoms with Crippen LogP contribution in [0.2, 0.25) is 0 Å². The molecule has 4 nitrogen and oxygen atoms in total. The van der Waals surface area contributed by atoms with Crippen molar-refractivity contribution >= 4 is 11.9 Å². The van der Waals surface area contributed by atoms with Crippen LogP contribution < -0.4 is 0 Å². The van der Waals surface area contributed by atoms with Gasteiger partial charge in [-0.05, 0) is 6.42 Å². The van der Waals surface area contributed by atoms with Crippen molar-refractivity contribution in [3.63, 3.8) is 0 Å². The van der Waals surface area contributed by atoms with Crippen molar-refractivity contribution in [3.05, 3.63) is 0 Å². The van der Waals surface area contributed by atoms with Gasteiger partial charge in [-0.2, -0.15) is 0 Å². The Balaban J connectivity index is 2.10. The number of rotatable bonds is 6. The lowest BCUT2D eigenvalue weighted by atomic mass is 10.1. The van der Waals surface area contributed by atoms with Gasteiger partial charge in [0.15, 0.2) is 5.92 Å². The van der Waals surface area contributed by atoms with Crippen molar-refractivity contribution in [3.8, 4) is 0 Å². The summed E-state index contributed by atoms with van der Waals surface area (Å²) in [5.74, 6) is -1.53. The zero-order valence-corrected chi connectivity index (χ0v) is 9.16. The second kappa shape index (κ2) is 6.43. The summed E-state index contributed by atoms with van der Waals surface area (Å²) in [5.41, 5.74) is 0. The lowest BCUT2D eigenvalue weighted by Gasteiger charge is -2.06. The summed E-state index contributed by atoms with van der Waals surface area (Å²) < 4.78 is 9.69. The number of hydrogen-bond donors (Lipinski definition) is 0. The maximum atomic E-state index is 11.4. The molecule has 0 aromatic rings. The van der Waals surface area contributed by atoms with Crippen molar-refractivity contribution < 1.29 is 19.1 Å². The van der Waals surface area contributed by atoms with E-state index in [1.54, 1.807) is 0 Å². The van der Waals surface area contributed by atoms with Crippen LogP contribution in [0.5, 0.6) is 0 Å². The first-order valence-electron chi connectivity index (χ1n) is 5.59. The predicted octanol–water partition coefficient (Wildman–Crippen LogP) is 1.67. The van der Waals surface area contributed by atoms with Crippen LogP contribution in [0.25, 0.3) is 0 Å². The molecule has 4 heteroatoms. The average molecular weight is 214 g/mol. The Labute approximate surface area is 89.9 Å². The third kappa shape index (κ3) is 3.90. The molecule has 1 saturated heterocycles. The monoisotopic (exact) mass is 214 g/mol. The van der Waals surface area contributed by atoms with Crippen molar-refractivity contribution in [2.24, 2.45) is 5.92 Å². The van der Waals surface area contributed by atoms with Crippen LogP contribution in [0, 0.1) is 5.92 Å². The van der Waals surface area contributed by atoms with Gasteiger partial charge in [-0.3, -0.25) is 9.59 Å². The number of esters is 2. The second-order valence-electron chi connectivity index (χ2n) is 3.74. The summed E-state index contributed by atoms with van der Waals surface area (Å²) >= 11 is 0. The Hall–Kier alpha value is -1.06. The normalized spacial score (nSPS) is 20.1. The van der Waals surface area contributed by atoms with E-state index in [0.29, 0.717) is 19.6 Å². The third-order valence-electron chi connectivity index (χ3n) is 2.46.